The lowest BCUT2D eigenvalue weighted by Crippen LogP contribution is -2.19. The molecule has 1 N–H and O–H groups in total. The van der Waals surface area contributed by atoms with Gasteiger partial charge >= 0.3 is 5.97 Å². The molecular formula is C10H12INO4. The molecular weight excluding hydrogens is 325 g/mol. The molecule has 0 amide bonds. The van der Waals surface area contributed by atoms with Gasteiger partial charge in [0.15, 0.2) is 5.75 Å². The largest absolute Gasteiger partial charge is 0.490 e. The van der Waals surface area contributed by atoms with Gasteiger partial charge in [0.2, 0.25) is 0 Å². The second kappa shape index (κ2) is 5.33. The number of aromatic amines is 1. The summed E-state index contributed by atoms with van der Waals surface area (Å²) in [4.78, 5) is 25.8. The summed E-state index contributed by atoms with van der Waals surface area (Å²) in [7, 11) is 1.35. The van der Waals surface area contributed by atoms with E-state index < -0.39 is 11.5 Å². The number of pyridine rings is 1. The molecule has 0 aliphatic heterocycles. The minimum atomic E-state index is -0.541. The van der Waals surface area contributed by atoms with Gasteiger partial charge in [-0.05, 0) is 42.0 Å². The molecule has 0 unspecified atom stereocenters. The van der Waals surface area contributed by atoms with Crippen LogP contribution in [0.3, 0.4) is 0 Å². The fourth-order valence-electron chi connectivity index (χ4n) is 1.29. The van der Waals surface area contributed by atoms with Crippen molar-refractivity contribution in [2.24, 2.45) is 0 Å². The number of rotatable bonds is 3. The average Bonchev–Trinajstić information content (AvgIpc) is 2.23. The Bertz CT molecular complexity index is 467. The Labute approximate surface area is 106 Å². The molecule has 0 aliphatic carbocycles. The van der Waals surface area contributed by atoms with Crippen LogP contribution < -0.4 is 10.3 Å². The van der Waals surface area contributed by atoms with Crippen molar-refractivity contribution in [2.75, 3.05) is 13.7 Å². The maximum absolute atomic E-state index is 11.7. The number of hydrogen-bond donors (Lipinski definition) is 1. The Morgan fingerprint density at radius 1 is 1.50 bits per heavy atom. The first-order valence-electron chi connectivity index (χ1n) is 4.66. The summed E-state index contributed by atoms with van der Waals surface area (Å²) in [6, 6.07) is 0. The lowest BCUT2D eigenvalue weighted by Gasteiger charge is -2.10. The molecule has 0 radical (unpaired) electrons. The van der Waals surface area contributed by atoms with Crippen molar-refractivity contribution in [1.29, 1.82) is 0 Å². The van der Waals surface area contributed by atoms with Crippen molar-refractivity contribution in [1.82, 2.24) is 4.98 Å². The summed E-state index contributed by atoms with van der Waals surface area (Å²) in [5.41, 5.74) is 0.411. The molecule has 0 aliphatic rings. The molecule has 0 saturated carbocycles. The molecule has 1 heterocycles. The number of carbonyl (C=O) groups is 1. The van der Waals surface area contributed by atoms with Gasteiger partial charge in [-0.15, -0.1) is 0 Å². The maximum Gasteiger partial charge on any atom is 0.342 e. The molecule has 0 saturated heterocycles. The monoisotopic (exact) mass is 337 g/mol. The van der Waals surface area contributed by atoms with E-state index in [2.05, 4.69) is 4.98 Å². The van der Waals surface area contributed by atoms with Crippen LogP contribution in [0.4, 0.5) is 0 Å². The molecule has 1 aromatic rings. The fraction of sp³-hybridized carbons (Fsp3) is 0.400. The van der Waals surface area contributed by atoms with Crippen molar-refractivity contribution in [2.45, 2.75) is 13.8 Å². The van der Waals surface area contributed by atoms with E-state index in [0.717, 1.165) is 0 Å². The van der Waals surface area contributed by atoms with E-state index in [1.807, 2.05) is 22.6 Å². The van der Waals surface area contributed by atoms with Gasteiger partial charge in [-0.2, -0.15) is 0 Å². The smallest absolute Gasteiger partial charge is 0.342 e. The fourth-order valence-corrected chi connectivity index (χ4v) is 1.80. The van der Waals surface area contributed by atoms with Crippen LogP contribution in [0.2, 0.25) is 0 Å². The van der Waals surface area contributed by atoms with Gasteiger partial charge < -0.3 is 14.5 Å². The van der Waals surface area contributed by atoms with Crippen LogP contribution in [-0.2, 0) is 4.74 Å². The highest BCUT2D eigenvalue weighted by Gasteiger charge is 2.21. The highest BCUT2D eigenvalue weighted by atomic mass is 127. The molecule has 6 heteroatoms. The predicted octanol–water partition coefficient (Wildman–Crippen LogP) is 1.47. The van der Waals surface area contributed by atoms with Gasteiger partial charge in [-0.25, -0.2) is 4.79 Å². The number of ether oxygens (including phenoxy) is 2. The van der Waals surface area contributed by atoms with Crippen molar-refractivity contribution in [3.8, 4) is 5.75 Å². The van der Waals surface area contributed by atoms with Crippen molar-refractivity contribution in [3.05, 3.63) is 25.2 Å². The number of halogens is 1. The van der Waals surface area contributed by atoms with Gasteiger partial charge in [0.1, 0.15) is 5.56 Å². The Balaban J connectivity index is 3.45. The maximum atomic E-state index is 11.7. The van der Waals surface area contributed by atoms with Crippen LogP contribution >= 0.6 is 22.6 Å². The van der Waals surface area contributed by atoms with E-state index in [1.54, 1.807) is 13.8 Å². The SMILES string of the molecule is CCOC(=O)c1c(C)c(I)[nH]c(=O)c1OC. The zero-order valence-corrected chi connectivity index (χ0v) is 11.4. The number of nitrogens with one attached hydrogen (secondary N) is 1. The summed E-state index contributed by atoms with van der Waals surface area (Å²) in [5.74, 6) is -0.544. The molecule has 1 aromatic heterocycles. The quantitative estimate of drug-likeness (QED) is 0.515. The summed E-state index contributed by atoms with van der Waals surface area (Å²) in [6.45, 7) is 3.69. The number of aromatic nitrogens is 1. The van der Waals surface area contributed by atoms with Crippen molar-refractivity contribution in [3.63, 3.8) is 0 Å². The molecule has 16 heavy (non-hydrogen) atoms. The lowest BCUT2D eigenvalue weighted by molar-refractivity contribution is 0.0521. The highest BCUT2D eigenvalue weighted by molar-refractivity contribution is 14.1. The number of H-pyrrole nitrogens is 1. The number of carbonyl (C=O) groups excluding carboxylic acids is 1. The third-order valence-electron chi connectivity index (χ3n) is 2.04. The van der Waals surface area contributed by atoms with E-state index in [4.69, 9.17) is 9.47 Å². The summed E-state index contributed by atoms with van der Waals surface area (Å²) < 4.78 is 10.4. The van der Waals surface area contributed by atoms with Crippen LogP contribution in [0.25, 0.3) is 0 Å². The van der Waals surface area contributed by atoms with Gasteiger partial charge in [0.25, 0.3) is 5.56 Å². The predicted molar refractivity (Wildman–Crippen MR) is 67.0 cm³/mol. The second-order valence-corrected chi connectivity index (χ2v) is 4.10. The Morgan fingerprint density at radius 3 is 2.62 bits per heavy atom. The minimum absolute atomic E-state index is 0.00336. The topological polar surface area (TPSA) is 68.4 Å². The highest BCUT2D eigenvalue weighted by Crippen LogP contribution is 2.21. The molecule has 1 rings (SSSR count). The van der Waals surface area contributed by atoms with Crippen molar-refractivity contribution < 1.29 is 14.3 Å². The first-order chi connectivity index (χ1) is 7.52. The normalized spacial score (nSPS) is 10.0. The summed E-state index contributed by atoms with van der Waals surface area (Å²) >= 11 is 1.95. The third kappa shape index (κ3) is 2.37. The van der Waals surface area contributed by atoms with E-state index >= 15 is 0 Å². The summed E-state index contributed by atoms with van der Waals surface area (Å²) in [5, 5.41) is 0. The lowest BCUT2D eigenvalue weighted by atomic mass is 10.1. The number of esters is 1. The van der Waals surface area contributed by atoms with Crippen LogP contribution in [-0.4, -0.2) is 24.7 Å². The Hall–Kier alpha value is -1.05. The molecule has 5 nitrogen and oxygen atoms in total. The molecule has 0 spiro atoms. The van der Waals surface area contributed by atoms with Crippen LogP contribution in [0.5, 0.6) is 5.75 Å². The van der Waals surface area contributed by atoms with E-state index in [0.29, 0.717) is 9.26 Å². The standard InChI is InChI=1S/C10H12INO4/c1-4-16-10(14)6-5(2)8(11)12-9(13)7(6)15-3/h4H2,1-3H3,(H,12,13). The van der Waals surface area contributed by atoms with Crippen molar-refractivity contribution >= 4 is 28.6 Å². The molecule has 0 atom stereocenters. The third-order valence-corrected chi connectivity index (χ3v) is 3.12. The van der Waals surface area contributed by atoms with Crippen LogP contribution in [0.15, 0.2) is 4.79 Å². The van der Waals surface area contributed by atoms with Gasteiger partial charge in [0, 0.05) is 0 Å². The van der Waals surface area contributed by atoms with Gasteiger partial charge in [0.05, 0.1) is 17.4 Å². The van der Waals surface area contributed by atoms with Crippen LogP contribution in [0.1, 0.15) is 22.8 Å². The van der Waals surface area contributed by atoms with Gasteiger partial charge in [-0.1, -0.05) is 0 Å². The molecule has 0 bridgehead atoms. The first-order valence-corrected chi connectivity index (χ1v) is 5.74. The second-order valence-electron chi connectivity index (χ2n) is 3.02. The zero-order chi connectivity index (χ0) is 12.3. The summed E-state index contributed by atoms with van der Waals surface area (Å²) in [6.07, 6.45) is 0. The molecule has 0 fully saturated rings. The zero-order valence-electron chi connectivity index (χ0n) is 9.22. The van der Waals surface area contributed by atoms with Crippen LogP contribution in [0, 0.1) is 10.6 Å². The molecule has 0 aromatic carbocycles. The Kier molecular flexibility index (Phi) is 4.34. The Morgan fingerprint density at radius 2 is 2.12 bits per heavy atom. The number of hydrogen-bond acceptors (Lipinski definition) is 4. The van der Waals surface area contributed by atoms with E-state index in [-0.39, 0.29) is 17.9 Å². The molecule has 88 valence electrons. The first kappa shape index (κ1) is 13.0. The van der Waals surface area contributed by atoms with E-state index in [1.165, 1.54) is 7.11 Å². The number of methoxy groups -OCH3 is 1. The average molecular weight is 337 g/mol. The van der Waals surface area contributed by atoms with Gasteiger partial charge in [-0.3, -0.25) is 4.79 Å². The van der Waals surface area contributed by atoms with E-state index in [9.17, 15) is 9.59 Å². The minimum Gasteiger partial charge on any atom is -0.490 e.